The molecule has 0 bridgehead atoms. The molecule has 0 heterocycles. The first-order valence-corrected chi connectivity index (χ1v) is 6.24. The van der Waals surface area contributed by atoms with Gasteiger partial charge in [-0.25, -0.2) is 0 Å². The highest BCUT2D eigenvalue weighted by molar-refractivity contribution is 7.80. The van der Waals surface area contributed by atoms with Crippen molar-refractivity contribution in [3.8, 4) is 0 Å². The Morgan fingerprint density at radius 2 is 2.00 bits per heavy atom. The third-order valence-corrected chi connectivity index (χ3v) is 3.83. The van der Waals surface area contributed by atoms with Gasteiger partial charge in [-0.05, 0) is 43.1 Å². The Morgan fingerprint density at radius 3 is 2.50 bits per heavy atom. The first kappa shape index (κ1) is 11.5. The molecule has 1 aliphatic carbocycles. The molecule has 1 saturated carbocycles. The maximum absolute atomic E-state index is 11.8. The van der Waals surface area contributed by atoms with Gasteiger partial charge in [0.15, 0.2) is 0 Å². The zero-order chi connectivity index (χ0) is 11.6. The molecule has 0 saturated heterocycles. The van der Waals surface area contributed by atoms with Crippen LogP contribution in [0.4, 0.5) is 5.69 Å². The second-order valence-electron chi connectivity index (χ2n) is 4.75. The molecule has 1 amide bonds. The number of aryl methyl sites for hydroxylation is 1. The second kappa shape index (κ2) is 4.50. The molecule has 0 radical (unpaired) electrons. The van der Waals surface area contributed by atoms with Crippen LogP contribution in [-0.4, -0.2) is 11.7 Å². The molecule has 1 aromatic carbocycles. The van der Waals surface area contributed by atoms with Crippen molar-refractivity contribution >= 4 is 24.2 Å². The van der Waals surface area contributed by atoms with Crippen molar-refractivity contribution in [2.75, 3.05) is 11.1 Å². The first-order valence-electron chi connectivity index (χ1n) is 5.61. The molecule has 0 spiro atoms. The molecule has 16 heavy (non-hydrogen) atoms. The molecule has 1 fully saturated rings. The zero-order valence-electron chi connectivity index (χ0n) is 9.49. The normalized spacial score (nSPS) is 16.9. The van der Waals surface area contributed by atoms with Gasteiger partial charge >= 0.3 is 0 Å². The summed E-state index contributed by atoms with van der Waals surface area (Å²) in [5, 5.41) is 2.93. The summed E-state index contributed by atoms with van der Waals surface area (Å²) in [6.45, 7) is 2.03. The largest absolute Gasteiger partial charge is 0.326 e. The summed E-state index contributed by atoms with van der Waals surface area (Å²) in [6.07, 6.45) is 2.88. The SMILES string of the molecule is Cc1ccc(NC(=O)CC2(CS)CC2)cc1. The first-order chi connectivity index (χ1) is 7.63. The zero-order valence-corrected chi connectivity index (χ0v) is 10.4. The Kier molecular flexibility index (Phi) is 3.24. The van der Waals surface area contributed by atoms with Gasteiger partial charge < -0.3 is 5.32 Å². The van der Waals surface area contributed by atoms with Gasteiger partial charge in [-0.15, -0.1) is 0 Å². The molecule has 2 nitrogen and oxygen atoms in total. The summed E-state index contributed by atoms with van der Waals surface area (Å²) in [4.78, 5) is 11.8. The van der Waals surface area contributed by atoms with E-state index in [2.05, 4.69) is 17.9 Å². The van der Waals surface area contributed by atoms with Crippen LogP contribution in [0.25, 0.3) is 0 Å². The Balaban J connectivity index is 1.90. The van der Waals surface area contributed by atoms with E-state index in [-0.39, 0.29) is 11.3 Å². The number of benzene rings is 1. The topological polar surface area (TPSA) is 29.1 Å². The van der Waals surface area contributed by atoms with Gasteiger partial charge in [0.2, 0.25) is 5.91 Å². The monoisotopic (exact) mass is 235 g/mol. The quantitative estimate of drug-likeness (QED) is 0.772. The van der Waals surface area contributed by atoms with Crippen LogP contribution >= 0.6 is 12.6 Å². The van der Waals surface area contributed by atoms with E-state index in [1.807, 2.05) is 31.2 Å². The molecular weight excluding hydrogens is 218 g/mol. The van der Waals surface area contributed by atoms with Crippen molar-refractivity contribution in [1.29, 1.82) is 0 Å². The highest BCUT2D eigenvalue weighted by atomic mass is 32.1. The molecule has 1 aromatic rings. The summed E-state index contributed by atoms with van der Waals surface area (Å²) >= 11 is 4.30. The third kappa shape index (κ3) is 2.79. The van der Waals surface area contributed by atoms with Crippen molar-refractivity contribution in [1.82, 2.24) is 0 Å². The number of rotatable bonds is 4. The van der Waals surface area contributed by atoms with Gasteiger partial charge in [0, 0.05) is 12.1 Å². The molecule has 3 heteroatoms. The number of carbonyl (C=O) groups is 1. The lowest BCUT2D eigenvalue weighted by Gasteiger charge is -2.11. The van der Waals surface area contributed by atoms with Gasteiger partial charge in [-0.2, -0.15) is 12.6 Å². The molecule has 86 valence electrons. The lowest BCUT2D eigenvalue weighted by molar-refractivity contribution is -0.117. The predicted molar refractivity (Wildman–Crippen MR) is 69.9 cm³/mol. The average molecular weight is 235 g/mol. The summed E-state index contributed by atoms with van der Waals surface area (Å²) in [5.41, 5.74) is 2.27. The minimum atomic E-state index is 0.107. The summed E-state index contributed by atoms with van der Waals surface area (Å²) in [7, 11) is 0. The van der Waals surface area contributed by atoms with Crippen molar-refractivity contribution in [2.24, 2.45) is 5.41 Å². The lowest BCUT2D eigenvalue weighted by Crippen LogP contribution is -2.18. The van der Waals surface area contributed by atoms with E-state index >= 15 is 0 Å². The minimum Gasteiger partial charge on any atom is -0.326 e. The van der Waals surface area contributed by atoms with Crippen LogP contribution in [-0.2, 0) is 4.79 Å². The van der Waals surface area contributed by atoms with Crippen LogP contribution in [0.3, 0.4) is 0 Å². The van der Waals surface area contributed by atoms with Crippen LogP contribution in [0.5, 0.6) is 0 Å². The van der Waals surface area contributed by atoms with Crippen LogP contribution in [0.15, 0.2) is 24.3 Å². The number of amides is 1. The lowest BCUT2D eigenvalue weighted by atomic mass is 10.1. The van der Waals surface area contributed by atoms with E-state index in [1.54, 1.807) is 0 Å². The van der Waals surface area contributed by atoms with Gasteiger partial charge in [-0.3, -0.25) is 4.79 Å². The van der Waals surface area contributed by atoms with Crippen LogP contribution < -0.4 is 5.32 Å². The summed E-state index contributed by atoms with van der Waals surface area (Å²) < 4.78 is 0. The molecule has 1 aliphatic rings. The fourth-order valence-corrected chi connectivity index (χ4v) is 2.18. The van der Waals surface area contributed by atoms with E-state index in [9.17, 15) is 4.79 Å². The summed E-state index contributed by atoms with van der Waals surface area (Å²) in [5.74, 6) is 0.921. The molecule has 0 unspecified atom stereocenters. The molecular formula is C13H17NOS. The Morgan fingerprint density at radius 1 is 1.38 bits per heavy atom. The molecule has 0 aromatic heterocycles. The van der Waals surface area contributed by atoms with Gasteiger partial charge in [0.1, 0.15) is 0 Å². The van der Waals surface area contributed by atoms with Crippen LogP contribution in [0.1, 0.15) is 24.8 Å². The van der Waals surface area contributed by atoms with Crippen LogP contribution in [0, 0.1) is 12.3 Å². The van der Waals surface area contributed by atoms with E-state index in [0.29, 0.717) is 6.42 Å². The molecule has 1 N–H and O–H groups in total. The highest BCUT2D eigenvalue weighted by Gasteiger charge is 2.42. The maximum atomic E-state index is 11.8. The third-order valence-electron chi connectivity index (χ3n) is 3.16. The smallest absolute Gasteiger partial charge is 0.224 e. The number of hydrogen-bond acceptors (Lipinski definition) is 2. The highest BCUT2D eigenvalue weighted by Crippen LogP contribution is 2.49. The fourth-order valence-electron chi connectivity index (χ4n) is 1.75. The van der Waals surface area contributed by atoms with Gasteiger partial charge in [0.05, 0.1) is 0 Å². The molecule has 2 rings (SSSR count). The second-order valence-corrected chi connectivity index (χ2v) is 5.07. The van der Waals surface area contributed by atoms with Gasteiger partial charge in [-0.1, -0.05) is 17.7 Å². The number of nitrogens with one attached hydrogen (secondary N) is 1. The van der Waals surface area contributed by atoms with E-state index < -0.39 is 0 Å². The summed E-state index contributed by atoms with van der Waals surface area (Å²) in [6, 6.07) is 7.88. The van der Waals surface area contributed by atoms with Crippen molar-refractivity contribution in [2.45, 2.75) is 26.2 Å². The van der Waals surface area contributed by atoms with Crippen molar-refractivity contribution in [3.05, 3.63) is 29.8 Å². The molecule has 0 aliphatic heterocycles. The fraction of sp³-hybridized carbons (Fsp3) is 0.462. The predicted octanol–water partition coefficient (Wildman–Crippen LogP) is 3.03. The number of carbonyl (C=O) groups excluding carboxylic acids is 1. The van der Waals surface area contributed by atoms with E-state index in [4.69, 9.17) is 0 Å². The Labute approximate surface area is 102 Å². The van der Waals surface area contributed by atoms with Crippen molar-refractivity contribution < 1.29 is 4.79 Å². The number of hydrogen-bond donors (Lipinski definition) is 2. The van der Waals surface area contributed by atoms with Crippen molar-refractivity contribution in [3.63, 3.8) is 0 Å². The Bertz CT molecular complexity index is 381. The van der Waals surface area contributed by atoms with Crippen LogP contribution in [0.2, 0.25) is 0 Å². The minimum absolute atomic E-state index is 0.107. The average Bonchev–Trinajstić information content (AvgIpc) is 3.02. The number of anilines is 1. The maximum Gasteiger partial charge on any atom is 0.224 e. The van der Waals surface area contributed by atoms with E-state index in [0.717, 1.165) is 24.3 Å². The Hall–Kier alpha value is -0.960. The van der Waals surface area contributed by atoms with E-state index in [1.165, 1.54) is 5.56 Å². The number of thiol groups is 1. The van der Waals surface area contributed by atoms with Gasteiger partial charge in [0.25, 0.3) is 0 Å². The molecule has 0 atom stereocenters. The standard InChI is InChI=1S/C13H17NOS/c1-10-2-4-11(5-3-10)14-12(15)8-13(9-16)6-7-13/h2-5,16H,6-9H2,1H3,(H,14,15).